The highest BCUT2D eigenvalue weighted by Gasteiger charge is 2.31. The minimum Gasteiger partial charge on any atom is -0.461 e. The first-order chi connectivity index (χ1) is 13.6. The molecule has 0 amide bonds. The Kier molecular flexibility index (Phi) is 4.40. The standard InChI is InChI=1S/C19H16N4O5/c1-2-27-19(24)17-16(12-5-3-4-6-13(12)21-17)18(22-10-9-20-11-22)14-7-8-15(28-14)23(25)26/h3-11,18,21H,2H2,1H3. The summed E-state index contributed by atoms with van der Waals surface area (Å²) in [5.41, 5.74) is 1.60. The van der Waals surface area contributed by atoms with E-state index in [9.17, 15) is 14.9 Å². The van der Waals surface area contributed by atoms with E-state index in [1.807, 2.05) is 24.3 Å². The molecule has 9 heteroatoms. The molecule has 0 aliphatic rings. The third-order valence-corrected chi connectivity index (χ3v) is 4.38. The average molecular weight is 380 g/mol. The number of nitrogens with one attached hydrogen (secondary N) is 1. The number of furan rings is 1. The first kappa shape index (κ1) is 17.5. The normalized spacial score (nSPS) is 12.2. The fourth-order valence-corrected chi connectivity index (χ4v) is 3.26. The molecule has 0 saturated carbocycles. The first-order valence-corrected chi connectivity index (χ1v) is 8.59. The summed E-state index contributed by atoms with van der Waals surface area (Å²) in [5.74, 6) is -0.586. The summed E-state index contributed by atoms with van der Waals surface area (Å²) in [4.78, 5) is 30.3. The van der Waals surface area contributed by atoms with Gasteiger partial charge in [-0.1, -0.05) is 18.2 Å². The molecule has 1 atom stereocenters. The molecule has 142 valence electrons. The molecule has 1 aromatic carbocycles. The van der Waals surface area contributed by atoms with Crippen LogP contribution in [0.3, 0.4) is 0 Å². The SMILES string of the molecule is CCOC(=O)c1[nH]c2ccccc2c1C(c1ccc([N+](=O)[O-])o1)n1ccnc1. The molecule has 28 heavy (non-hydrogen) atoms. The molecule has 0 spiro atoms. The number of imidazole rings is 1. The van der Waals surface area contributed by atoms with E-state index >= 15 is 0 Å². The number of benzene rings is 1. The number of rotatable bonds is 6. The minimum atomic E-state index is -0.647. The van der Waals surface area contributed by atoms with E-state index in [0.29, 0.717) is 11.3 Å². The second-order valence-electron chi connectivity index (χ2n) is 6.03. The Morgan fingerprint density at radius 3 is 2.86 bits per heavy atom. The van der Waals surface area contributed by atoms with E-state index in [1.165, 1.54) is 12.1 Å². The molecule has 3 aromatic heterocycles. The van der Waals surface area contributed by atoms with Gasteiger partial charge in [-0.3, -0.25) is 10.1 Å². The Balaban J connectivity index is 1.98. The maximum absolute atomic E-state index is 12.6. The van der Waals surface area contributed by atoms with Crippen molar-refractivity contribution >= 4 is 22.8 Å². The van der Waals surface area contributed by atoms with Gasteiger partial charge in [0.1, 0.15) is 22.4 Å². The first-order valence-electron chi connectivity index (χ1n) is 8.59. The number of carbonyl (C=O) groups excluding carboxylic acids is 1. The lowest BCUT2D eigenvalue weighted by molar-refractivity contribution is -0.402. The Labute approximate surface area is 158 Å². The summed E-state index contributed by atoms with van der Waals surface area (Å²) in [5, 5.41) is 11.9. The van der Waals surface area contributed by atoms with Gasteiger partial charge in [0.25, 0.3) is 0 Å². The number of nitrogens with zero attached hydrogens (tertiary/aromatic N) is 3. The van der Waals surface area contributed by atoms with Crippen LogP contribution in [-0.4, -0.2) is 32.0 Å². The van der Waals surface area contributed by atoms with Gasteiger partial charge in [0, 0.05) is 28.9 Å². The van der Waals surface area contributed by atoms with Gasteiger partial charge in [-0.05, 0) is 19.1 Å². The van der Waals surface area contributed by atoms with Crippen LogP contribution in [0.4, 0.5) is 5.88 Å². The summed E-state index contributed by atoms with van der Waals surface area (Å²) in [6.45, 7) is 1.94. The van der Waals surface area contributed by atoms with Crippen molar-refractivity contribution in [2.45, 2.75) is 13.0 Å². The van der Waals surface area contributed by atoms with Crippen LogP contribution in [-0.2, 0) is 4.74 Å². The number of aromatic nitrogens is 3. The van der Waals surface area contributed by atoms with E-state index in [2.05, 4.69) is 9.97 Å². The van der Waals surface area contributed by atoms with Crippen LogP contribution < -0.4 is 0 Å². The van der Waals surface area contributed by atoms with E-state index < -0.39 is 16.9 Å². The van der Waals surface area contributed by atoms with E-state index in [4.69, 9.17) is 9.15 Å². The summed E-state index contributed by atoms with van der Waals surface area (Å²) >= 11 is 0. The van der Waals surface area contributed by atoms with Crippen molar-refractivity contribution in [1.29, 1.82) is 0 Å². The second kappa shape index (κ2) is 7.03. The molecule has 3 heterocycles. The molecule has 4 aromatic rings. The maximum atomic E-state index is 12.6. The molecule has 1 unspecified atom stereocenters. The lowest BCUT2D eigenvalue weighted by Crippen LogP contribution is -2.15. The van der Waals surface area contributed by atoms with Crippen molar-refractivity contribution in [1.82, 2.24) is 14.5 Å². The van der Waals surface area contributed by atoms with E-state index in [-0.39, 0.29) is 18.2 Å². The quantitative estimate of drug-likeness (QED) is 0.310. The molecule has 0 radical (unpaired) electrons. The highest BCUT2D eigenvalue weighted by atomic mass is 16.6. The number of ether oxygens (including phenoxy) is 1. The zero-order chi connectivity index (χ0) is 19.7. The summed E-state index contributed by atoms with van der Waals surface area (Å²) in [6.07, 6.45) is 4.86. The fourth-order valence-electron chi connectivity index (χ4n) is 3.26. The molecule has 0 aliphatic heterocycles. The van der Waals surface area contributed by atoms with Gasteiger partial charge in [0.2, 0.25) is 0 Å². The van der Waals surface area contributed by atoms with Crippen molar-refractivity contribution in [3.63, 3.8) is 0 Å². The predicted molar refractivity (Wildman–Crippen MR) is 99.1 cm³/mol. The number of aromatic amines is 1. The Hall–Kier alpha value is -3.88. The Morgan fingerprint density at radius 1 is 1.36 bits per heavy atom. The number of fused-ring (bicyclic) bond motifs is 1. The van der Waals surface area contributed by atoms with Crippen molar-refractivity contribution < 1.29 is 18.9 Å². The highest BCUT2D eigenvalue weighted by molar-refractivity contribution is 5.99. The van der Waals surface area contributed by atoms with Crippen molar-refractivity contribution in [2.75, 3.05) is 6.61 Å². The minimum absolute atomic E-state index is 0.218. The van der Waals surface area contributed by atoms with Crippen LogP contribution in [0.25, 0.3) is 10.9 Å². The number of esters is 1. The zero-order valence-corrected chi connectivity index (χ0v) is 14.9. The van der Waals surface area contributed by atoms with Crippen molar-refractivity contribution in [3.05, 3.63) is 82.3 Å². The summed E-state index contributed by atoms with van der Waals surface area (Å²) in [6, 6.07) is 9.58. The largest absolute Gasteiger partial charge is 0.461 e. The molecule has 0 bridgehead atoms. The van der Waals surface area contributed by atoms with Crippen LogP contribution in [0.15, 0.2) is 59.5 Å². The van der Waals surface area contributed by atoms with Gasteiger partial charge in [0.15, 0.2) is 0 Å². The number of nitro groups is 1. The van der Waals surface area contributed by atoms with Crippen LogP contribution in [0.5, 0.6) is 0 Å². The van der Waals surface area contributed by atoms with Gasteiger partial charge < -0.3 is 18.7 Å². The molecule has 0 saturated heterocycles. The van der Waals surface area contributed by atoms with E-state index in [0.717, 1.165) is 10.9 Å². The molecular formula is C19H16N4O5. The number of carbonyl (C=O) groups is 1. The Bertz CT molecular complexity index is 1140. The highest BCUT2D eigenvalue weighted by Crippen LogP contribution is 2.37. The fraction of sp³-hybridized carbons (Fsp3) is 0.158. The lowest BCUT2D eigenvalue weighted by Gasteiger charge is -2.17. The molecule has 0 fully saturated rings. The van der Waals surface area contributed by atoms with Crippen LogP contribution in [0.1, 0.15) is 34.8 Å². The van der Waals surface area contributed by atoms with Crippen molar-refractivity contribution in [3.8, 4) is 0 Å². The van der Waals surface area contributed by atoms with Crippen LogP contribution >= 0.6 is 0 Å². The van der Waals surface area contributed by atoms with E-state index in [1.54, 1.807) is 30.2 Å². The molecule has 4 rings (SSSR count). The van der Waals surface area contributed by atoms with Gasteiger partial charge in [-0.25, -0.2) is 9.78 Å². The summed E-state index contributed by atoms with van der Waals surface area (Å²) < 4.78 is 12.4. The third kappa shape index (κ3) is 2.92. The molecule has 0 aliphatic carbocycles. The number of H-pyrrole nitrogens is 1. The van der Waals surface area contributed by atoms with Crippen LogP contribution in [0.2, 0.25) is 0 Å². The zero-order valence-electron chi connectivity index (χ0n) is 14.9. The smallest absolute Gasteiger partial charge is 0.433 e. The summed E-state index contributed by atoms with van der Waals surface area (Å²) in [7, 11) is 0. The van der Waals surface area contributed by atoms with Crippen molar-refractivity contribution in [2.24, 2.45) is 0 Å². The maximum Gasteiger partial charge on any atom is 0.433 e. The van der Waals surface area contributed by atoms with Gasteiger partial charge in [0.05, 0.1) is 19.0 Å². The lowest BCUT2D eigenvalue weighted by atomic mass is 10.00. The van der Waals surface area contributed by atoms with Crippen LogP contribution in [0, 0.1) is 10.1 Å². The number of hydrogen-bond acceptors (Lipinski definition) is 6. The average Bonchev–Trinajstić information content (AvgIpc) is 3.43. The molecular weight excluding hydrogens is 364 g/mol. The molecule has 9 nitrogen and oxygen atoms in total. The Morgan fingerprint density at radius 2 is 2.18 bits per heavy atom. The monoisotopic (exact) mass is 380 g/mol. The molecule has 1 N–H and O–H groups in total. The second-order valence-corrected chi connectivity index (χ2v) is 6.03. The third-order valence-electron chi connectivity index (χ3n) is 4.38. The van der Waals surface area contributed by atoms with Gasteiger partial charge in [-0.2, -0.15) is 0 Å². The topological polar surface area (TPSA) is 116 Å². The predicted octanol–water partition coefficient (Wildman–Crippen LogP) is 3.68. The number of hydrogen-bond donors (Lipinski definition) is 1. The van der Waals surface area contributed by atoms with Gasteiger partial charge in [-0.15, -0.1) is 0 Å². The number of para-hydroxylation sites is 1. The van der Waals surface area contributed by atoms with Gasteiger partial charge >= 0.3 is 11.9 Å².